The lowest BCUT2D eigenvalue weighted by atomic mass is 9.76. The van der Waals surface area contributed by atoms with Crippen molar-refractivity contribution >= 4 is 0 Å². The molecule has 0 aliphatic heterocycles. The maximum atomic E-state index is 9.90. The van der Waals surface area contributed by atoms with Crippen LogP contribution in [-0.2, 0) is 0 Å². The maximum Gasteiger partial charge on any atom is 0.0620 e. The van der Waals surface area contributed by atoms with Gasteiger partial charge >= 0.3 is 0 Å². The molecule has 2 rings (SSSR count). The van der Waals surface area contributed by atoms with E-state index in [1.807, 2.05) is 19.1 Å². The predicted octanol–water partition coefficient (Wildman–Crippen LogP) is 3.20. The van der Waals surface area contributed by atoms with E-state index >= 15 is 0 Å². The van der Waals surface area contributed by atoms with Crippen molar-refractivity contribution in [2.45, 2.75) is 51.0 Å². The molecule has 0 heterocycles. The molecule has 1 saturated carbocycles. The molecule has 15 heavy (non-hydrogen) atoms. The van der Waals surface area contributed by atoms with Crippen LogP contribution in [0, 0.1) is 13.0 Å². The minimum atomic E-state index is -0.431. The number of hydrogen-bond acceptors (Lipinski definition) is 1. The van der Waals surface area contributed by atoms with Gasteiger partial charge in [0.1, 0.15) is 0 Å². The van der Waals surface area contributed by atoms with Gasteiger partial charge in [-0.3, -0.25) is 0 Å². The molecular formula is C14H19O. The van der Waals surface area contributed by atoms with E-state index in [9.17, 15) is 5.11 Å². The molecular weight excluding hydrogens is 184 g/mol. The molecule has 0 aromatic heterocycles. The first-order valence-corrected chi connectivity index (χ1v) is 5.78. The van der Waals surface area contributed by atoms with Gasteiger partial charge in [0, 0.05) is 0 Å². The summed E-state index contributed by atoms with van der Waals surface area (Å²) < 4.78 is 0. The Bertz CT molecular complexity index is 331. The second-order valence-corrected chi connectivity index (χ2v) is 5.04. The van der Waals surface area contributed by atoms with Crippen LogP contribution in [0.5, 0.6) is 0 Å². The summed E-state index contributed by atoms with van der Waals surface area (Å²) in [4.78, 5) is 0. The van der Waals surface area contributed by atoms with Crippen molar-refractivity contribution in [3.63, 3.8) is 0 Å². The lowest BCUT2D eigenvalue weighted by Gasteiger charge is -2.33. The van der Waals surface area contributed by atoms with E-state index in [-0.39, 0.29) is 0 Å². The van der Waals surface area contributed by atoms with Gasteiger partial charge in [0.25, 0.3) is 0 Å². The fraction of sp³-hybridized carbons (Fsp3) is 0.571. The Balaban J connectivity index is 2.11. The zero-order valence-corrected chi connectivity index (χ0v) is 9.59. The molecule has 0 saturated heterocycles. The Morgan fingerprint density at radius 1 is 1.40 bits per heavy atom. The molecule has 1 nitrogen and oxygen atoms in total. The minimum absolute atomic E-state index is 0.431. The highest BCUT2D eigenvalue weighted by Gasteiger charge is 2.29. The van der Waals surface area contributed by atoms with Gasteiger partial charge in [0.2, 0.25) is 0 Å². The molecule has 1 heteroatoms. The molecule has 0 amide bonds. The van der Waals surface area contributed by atoms with Crippen molar-refractivity contribution in [3.05, 3.63) is 35.4 Å². The van der Waals surface area contributed by atoms with Crippen LogP contribution in [0.15, 0.2) is 18.2 Å². The number of hydrogen-bond donors (Lipinski definition) is 1. The van der Waals surface area contributed by atoms with Crippen molar-refractivity contribution in [1.82, 2.24) is 0 Å². The van der Waals surface area contributed by atoms with Gasteiger partial charge in [-0.05, 0) is 62.6 Å². The highest BCUT2D eigenvalue weighted by Crippen LogP contribution is 2.38. The topological polar surface area (TPSA) is 20.2 Å². The first kappa shape index (κ1) is 10.7. The Kier molecular flexibility index (Phi) is 2.83. The second-order valence-electron chi connectivity index (χ2n) is 5.04. The minimum Gasteiger partial charge on any atom is -0.390 e. The molecule has 1 aromatic rings. The summed E-state index contributed by atoms with van der Waals surface area (Å²) >= 11 is 0. The lowest BCUT2D eigenvalue weighted by Crippen LogP contribution is -2.29. The summed E-state index contributed by atoms with van der Waals surface area (Å²) in [6, 6.07) is 9.54. The van der Waals surface area contributed by atoms with Crippen LogP contribution in [0.1, 0.15) is 49.7 Å². The van der Waals surface area contributed by atoms with Crippen LogP contribution in [0.3, 0.4) is 0 Å². The maximum absolute atomic E-state index is 9.90. The van der Waals surface area contributed by atoms with E-state index in [0.717, 1.165) is 25.7 Å². The van der Waals surface area contributed by atoms with E-state index in [4.69, 9.17) is 0 Å². The van der Waals surface area contributed by atoms with Crippen molar-refractivity contribution in [2.75, 3.05) is 0 Å². The van der Waals surface area contributed by atoms with Crippen LogP contribution >= 0.6 is 0 Å². The number of rotatable bonds is 1. The zero-order chi connectivity index (χ0) is 10.9. The Morgan fingerprint density at radius 2 is 2.07 bits per heavy atom. The fourth-order valence-corrected chi connectivity index (χ4v) is 2.50. The normalized spacial score (nSPS) is 31.5. The highest BCUT2D eigenvalue weighted by molar-refractivity contribution is 5.28. The number of aliphatic hydroxyl groups is 1. The van der Waals surface area contributed by atoms with Gasteiger partial charge in [0.05, 0.1) is 5.60 Å². The molecule has 0 unspecified atom stereocenters. The lowest BCUT2D eigenvalue weighted by molar-refractivity contribution is 0.0171. The van der Waals surface area contributed by atoms with Gasteiger partial charge < -0.3 is 5.11 Å². The summed E-state index contributed by atoms with van der Waals surface area (Å²) in [6.07, 6.45) is 4.02. The van der Waals surface area contributed by atoms with Gasteiger partial charge in [-0.2, -0.15) is 0 Å². The Labute approximate surface area is 92.1 Å². The second kappa shape index (κ2) is 3.97. The van der Waals surface area contributed by atoms with E-state index in [2.05, 4.69) is 19.1 Å². The molecule has 1 N–H and O–H groups in total. The third kappa shape index (κ3) is 2.40. The highest BCUT2D eigenvalue weighted by atomic mass is 16.3. The van der Waals surface area contributed by atoms with E-state index in [0.29, 0.717) is 5.92 Å². The van der Waals surface area contributed by atoms with Crippen molar-refractivity contribution in [3.8, 4) is 0 Å². The van der Waals surface area contributed by atoms with Gasteiger partial charge in [-0.15, -0.1) is 0 Å². The standard InChI is InChI=1S/C14H19O/c1-11-5-3-4-6-13(11)12-7-9-14(2,15)10-8-12/h3-5,12,15H,7-10H2,1-2H3/t12-,14-. The largest absolute Gasteiger partial charge is 0.390 e. The van der Waals surface area contributed by atoms with Crippen molar-refractivity contribution in [1.29, 1.82) is 0 Å². The molecule has 0 bridgehead atoms. The molecule has 1 radical (unpaired) electrons. The molecule has 0 spiro atoms. The number of benzene rings is 1. The van der Waals surface area contributed by atoms with Crippen LogP contribution < -0.4 is 0 Å². The fourth-order valence-electron chi connectivity index (χ4n) is 2.50. The first-order valence-electron chi connectivity index (χ1n) is 5.78. The molecule has 1 aliphatic carbocycles. The summed E-state index contributed by atoms with van der Waals surface area (Å²) in [7, 11) is 0. The third-order valence-corrected chi connectivity index (χ3v) is 3.58. The molecule has 1 fully saturated rings. The summed E-state index contributed by atoms with van der Waals surface area (Å²) in [5.74, 6) is 0.603. The van der Waals surface area contributed by atoms with Gasteiger partial charge in [-0.1, -0.05) is 18.2 Å². The molecule has 1 aliphatic rings. The van der Waals surface area contributed by atoms with Crippen molar-refractivity contribution in [2.24, 2.45) is 0 Å². The predicted molar refractivity (Wildman–Crippen MR) is 61.8 cm³/mol. The molecule has 0 atom stereocenters. The Hall–Kier alpha value is -0.820. The average molecular weight is 203 g/mol. The summed E-state index contributed by atoms with van der Waals surface area (Å²) in [5.41, 5.74) is 2.26. The van der Waals surface area contributed by atoms with Crippen LogP contribution in [0.25, 0.3) is 0 Å². The first-order chi connectivity index (χ1) is 7.08. The monoisotopic (exact) mass is 203 g/mol. The average Bonchev–Trinajstić information content (AvgIpc) is 2.19. The van der Waals surface area contributed by atoms with Crippen LogP contribution in [-0.4, -0.2) is 10.7 Å². The van der Waals surface area contributed by atoms with Crippen molar-refractivity contribution < 1.29 is 5.11 Å². The quantitative estimate of drug-likeness (QED) is 0.743. The van der Waals surface area contributed by atoms with Gasteiger partial charge in [-0.25, -0.2) is 0 Å². The summed E-state index contributed by atoms with van der Waals surface area (Å²) in [6.45, 7) is 4.10. The van der Waals surface area contributed by atoms with E-state index in [1.54, 1.807) is 0 Å². The van der Waals surface area contributed by atoms with Crippen LogP contribution in [0.4, 0.5) is 0 Å². The smallest absolute Gasteiger partial charge is 0.0620 e. The number of aryl methyl sites for hydroxylation is 1. The Morgan fingerprint density at radius 3 is 2.67 bits per heavy atom. The zero-order valence-electron chi connectivity index (χ0n) is 9.59. The van der Waals surface area contributed by atoms with E-state index < -0.39 is 5.60 Å². The summed E-state index contributed by atoms with van der Waals surface area (Å²) in [5, 5.41) is 9.90. The van der Waals surface area contributed by atoms with Crippen LogP contribution in [0.2, 0.25) is 0 Å². The third-order valence-electron chi connectivity index (χ3n) is 3.58. The van der Waals surface area contributed by atoms with E-state index in [1.165, 1.54) is 11.1 Å². The van der Waals surface area contributed by atoms with Gasteiger partial charge in [0.15, 0.2) is 0 Å². The molecule has 81 valence electrons. The SMILES string of the molecule is Cc1ccc[c]c1[C@H]1CC[C@](C)(O)CC1. The molecule has 1 aromatic carbocycles.